The summed E-state index contributed by atoms with van der Waals surface area (Å²) in [5.74, 6) is 0.206. The molecule has 1 rings (SSSR count). The number of amides is 1. The van der Waals surface area contributed by atoms with Gasteiger partial charge in [-0.2, -0.15) is 0 Å². The van der Waals surface area contributed by atoms with Crippen LogP contribution in [0.3, 0.4) is 0 Å². The Kier molecular flexibility index (Phi) is 2.91. The van der Waals surface area contributed by atoms with Crippen LogP contribution in [0.2, 0.25) is 0 Å². The lowest BCUT2D eigenvalue weighted by Crippen LogP contribution is -2.41. The van der Waals surface area contributed by atoms with Gasteiger partial charge in [-0.3, -0.25) is 4.79 Å². The molecule has 3 nitrogen and oxygen atoms in total. The molecule has 0 spiro atoms. The number of hydrogen-bond donors (Lipinski definition) is 1. The largest absolute Gasteiger partial charge is 0.345 e. The molecule has 0 radical (unpaired) electrons. The molecule has 1 aliphatic carbocycles. The van der Waals surface area contributed by atoms with Crippen LogP contribution in [0.4, 0.5) is 0 Å². The Bertz CT molecular complexity index is 226. The van der Waals surface area contributed by atoms with Crippen molar-refractivity contribution < 1.29 is 4.79 Å². The molecule has 3 heteroatoms. The Labute approximate surface area is 86.6 Å². The SMILES string of the molecule is CN(CC1(CN)CC1)C(=O)C(C)(C)C. The molecule has 0 heterocycles. The Hall–Kier alpha value is -0.570. The van der Waals surface area contributed by atoms with E-state index in [1.165, 1.54) is 12.8 Å². The lowest BCUT2D eigenvalue weighted by molar-refractivity contribution is -0.138. The van der Waals surface area contributed by atoms with Crippen LogP contribution >= 0.6 is 0 Å². The van der Waals surface area contributed by atoms with Crippen LogP contribution in [0.1, 0.15) is 33.6 Å². The van der Waals surface area contributed by atoms with Crippen molar-refractivity contribution in [3.05, 3.63) is 0 Å². The highest BCUT2D eigenvalue weighted by Gasteiger charge is 2.43. The normalized spacial score (nSPS) is 19.2. The summed E-state index contributed by atoms with van der Waals surface area (Å²) in [6, 6.07) is 0. The topological polar surface area (TPSA) is 46.3 Å². The zero-order valence-electron chi connectivity index (χ0n) is 9.76. The minimum absolute atomic E-state index is 0.206. The summed E-state index contributed by atoms with van der Waals surface area (Å²) in [5, 5.41) is 0. The zero-order chi connectivity index (χ0) is 11.0. The van der Waals surface area contributed by atoms with Gasteiger partial charge in [-0.05, 0) is 19.4 Å². The predicted octanol–water partition coefficient (Wildman–Crippen LogP) is 1.23. The molecule has 0 aromatic heterocycles. The maximum absolute atomic E-state index is 11.9. The first-order chi connectivity index (χ1) is 6.31. The van der Waals surface area contributed by atoms with Crippen molar-refractivity contribution in [2.45, 2.75) is 33.6 Å². The molecule has 1 fully saturated rings. The molecule has 1 aliphatic rings. The quantitative estimate of drug-likeness (QED) is 0.741. The third-order valence-electron chi connectivity index (χ3n) is 2.95. The van der Waals surface area contributed by atoms with E-state index in [1.54, 1.807) is 0 Å². The van der Waals surface area contributed by atoms with Gasteiger partial charge in [0.1, 0.15) is 0 Å². The van der Waals surface area contributed by atoms with Gasteiger partial charge < -0.3 is 10.6 Å². The third-order valence-corrected chi connectivity index (χ3v) is 2.95. The Balaban J connectivity index is 2.50. The maximum Gasteiger partial charge on any atom is 0.227 e. The molecule has 0 aromatic rings. The first kappa shape index (κ1) is 11.5. The number of hydrogen-bond acceptors (Lipinski definition) is 2. The lowest BCUT2D eigenvalue weighted by atomic mass is 9.94. The van der Waals surface area contributed by atoms with Crippen molar-refractivity contribution in [1.82, 2.24) is 4.90 Å². The maximum atomic E-state index is 11.9. The van der Waals surface area contributed by atoms with E-state index in [1.807, 2.05) is 32.7 Å². The number of rotatable bonds is 3. The molecule has 0 saturated heterocycles. The van der Waals surface area contributed by atoms with Crippen molar-refractivity contribution in [3.63, 3.8) is 0 Å². The van der Waals surface area contributed by atoms with E-state index in [4.69, 9.17) is 5.73 Å². The van der Waals surface area contributed by atoms with Gasteiger partial charge in [0.15, 0.2) is 0 Å². The fourth-order valence-electron chi connectivity index (χ4n) is 1.75. The van der Waals surface area contributed by atoms with Crippen LogP contribution in [-0.4, -0.2) is 30.9 Å². The van der Waals surface area contributed by atoms with Crippen molar-refractivity contribution in [1.29, 1.82) is 0 Å². The number of nitrogens with two attached hydrogens (primary N) is 1. The van der Waals surface area contributed by atoms with Crippen LogP contribution in [0.5, 0.6) is 0 Å². The van der Waals surface area contributed by atoms with Gasteiger partial charge in [-0.25, -0.2) is 0 Å². The molecule has 0 unspecified atom stereocenters. The van der Waals surface area contributed by atoms with Crippen LogP contribution in [0.25, 0.3) is 0 Å². The zero-order valence-corrected chi connectivity index (χ0v) is 9.76. The van der Waals surface area contributed by atoms with Crippen LogP contribution in [-0.2, 0) is 4.79 Å². The fourth-order valence-corrected chi connectivity index (χ4v) is 1.75. The van der Waals surface area contributed by atoms with E-state index in [-0.39, 0.29) is 16.7 Å². The predicted molar refractivity (Wildman–Crippen MR) is 57.8 cm³/mol. The highest BCUT2D eigenvalue weighted by Crippen LogP contribution is 2.45. The van der Waals surface area contributed by atoms with Gasteiger partial charge in [0.25, 0.3) is 0 Å². The number of carbonyl (C=O) groups excluding carboxylic acids is 1. The molecule has 1 saturated carbocycles. The van der Waals surface area contributed by atoms with Crippen LogP contribution < -0.4 is 5.73 Å². The molecule has 0 aliphatic heterocycles. The second-order valence-electron chi connectivity index (χ2n) is 5.62. The van der Waals surface area contributed by atoms with Gasteiger partial charge in [-0.15, -0.1) is 0 Å². The van der Waals surface area contributed by atoms with Gasteiger partial charge >= 0.3 is 0 Å². The summed E-state index contributed by atoms with van der Waals surface area (Å²) >= 11 is 0. The lowest BCUT2D eigenvalue weighted by Gasteiger charge is -2.29. The molecule has 0 atom stereocenters. The molecular weight excluding hydrogens is 176 g/mol. The second kappa shape index (κ2) is 3.54. The van der Waals surface area contributed by atoms with Crippen molar-refractivity contribution in [3.8, 4) is 0 Å². The Morgan fingerprint density at radius 2 is 1.93 bits per heavy atom. The molecule has 14 heavy (non-hydrogen) atoms. The van der Waals surface area contributed by atoms with Gasteiger partial charge in [0.2, 0.25) is 5.91 Å². The highest BCUT2D eigenvalue weighted by molar-refractivity contribution is 5.81. The van der Waals surface area contributed by atoms with Crippen molar-refractivity contribution in [2.24, 2.45) is 16.6 Å². The summed E-state index contributed by atoms with van der Waals surface area (Å²) in [6.07, 6.45) is 2.34. The summed E-state index contributed by atoms with van der Waals surface area (Å²) < 4.78 is 0. The van der Waals surface area contributed by atoms with Crippen molar-refractivity contribution >= 4 is 5.91 Å². The fraction of sp³-hybridized carbons (Fsp3) is 0.909. The summed E-state index contributed by atoms with van der Waals surface area (Å²) in [4.78, 5) is 13.7. The minimum atomic E-state index is -0.278. The molecular formula is C11H22N2O. The van der Waals surface area contributed by atoms with Gasteiger partial charge in [0.05, 0.1) is 0 Å². The standard InChI is InChI=1S/C11H22N2O/c1-10(2,3)9(14)13(4)8-11(7-12)5-6-11/h5-8,12H2,1-4H3. The highest BCUT2D eigenvalue weighted by atomic mass is 16.2. The van der Waals surface area contributed by atoms with Crippen LogP contribution in [0, 0.1) is 10.8 Å². The Morgan fingerprint density at radius 1 is 1.43 bits per heavy atom. The van der Waals surface area contributed by atoms with E-state index in [0.29, 0.717) is 6.54 Å². The summed E-state index contributed by atoms with van der Waals surface area (Å²) in [7, 11) is 1.88. The molecule has 1 amide bonds. The average molecular weight is 198 g/mol. The van der Waals surface area contributed by atoms with Crippen LogP contribution in [0.15, 0.2) is 0 Å². The first-order valence-corrected chi connectivity index (χ1v) is 5.26. The van der Waals surface area contributed by atoms with E-state index in [2.05, 4.69) is 0 Å². The molecule has 2 N–H and O–H groups in total. The second-order valence-corrected chi connectivity index (χ2v) is 5.62. The van der Waals surface area contributed by atoms with Gasteiger partial charge in [0, 0.05) is 24.4 Å². The van der Waals surface area contributed by atoms with Gasteiger partial charge in [-0.1, -0.05) is 20.8 Å². The third kappa shape index (κ3) is 2.47. The summed E-state index contributed by atoms with van der Waals surface area (Å²) in [6.45, 7) is 7.38. The summed E-state index contributed by atoms with van der Waals surface area (Å²) in [5.41, 5.74) is 5.66. The van der Waals surface area contributed by atoms with E-state index in [9.17, 15) is 4.79 Å². The first-order valence-electron chi connectivity index (χ1n) is 5.26. The average Bonchev–Trinajstić information content (AvgIpc) is 2.82. The molecule has 82 valence electrons. The minimum Gasteiger partial charge on any atom is -0.345 e. The number of carbonyl (C=O) groups is 1. The molecule has 0 bridgehead atoms. The number of nitrogens with zero attached hydrogens (tertiary/aromatic N) is 1. The van der Waals surface area contributed by atoms with E-state index in [0.717, 1.165) is 6.54 Å². The molecule has 0 aromatic carbocycles. The Morgan fingerprint density at radius 3 is 2.21 bits per heavy atom. The van der Waals surface area contributed by atoms with Crippen molar-refractivity contribution in [2.75, 3.05) is 20.1 Å². The smallest absolute Gasteiger partial charge is 0.227 e. The van der Waals surface area contributed by atoms with E-state index >= 15 is 0 Å². The monoisotopic (exact) mass is 198 g/mol. The van der Waals surface area contributed by atoms with E-state index < -0.39 is 0 Å².